The summed E-state index contributed by atoms with van der Waals surface area (Å²) >= 11 is 0. The first-order valence-electron chi connectivity index (χ1n) is 9.52. The van der Waals surface area contributed by atoms with E-state index in [1.165, 1.54) is 0 Å². The monoisotopic (exact) mass is 388 g/mol. The van der Waals surface area contributed by atoms with Crippen LogP contribution in [0.2, 0.25) is 0 Å². The van der Waals surface area contributed by atoms with Crippen LogP contribution in [0.4, 0.5) is 5.82 Å². The molecule has 0 spiro atoms. The Morgan fingerprint density at radius 2 is 1.83 bits per heavy atom. The fraction of sp³-hybridized carbons (Fsp3) is 0.273. The van der Waals surface area contributed by atoms with Crippen LogP contribution in [0.5, 0.6) is 0 Å². The van der Waals surface area contributed by atoms with Gasteiger partial charge in [0, 0.05) is 46.0 Å². The minimum atomic E-state index is -0.206. The summed E-state index contributed by atoms with van der Waals surface area (Å²) in [7, 11) is 0. The van der Waals surface area contributed by atoms with Gasteiger partial charge in [0.05, 0.1) is 5.69 Å². The van der Waals surface area contributed by atoms with E-state index < -0.39 is 0 Å². The molecule has 0 bridgehead atoms. The largest absolute Gasteiger partial charge is 0.358 e. The average molecular weight is 388 g/mol. The van der Waals surface area contributed by atoms with E-state index in [-0.39, 0.29) is 11.3 Å². The second-order valence-electron chi connectivity index (χ2n) is 8.21. The summed E-state index contributed by atoms with van der Waals surface area (Å²) < 4.78 is 1.57. The number of nitrogens with one attached hydrogen (secondary N) is 2. The van der Waals surface area contributed by atoms with E-state index in [2.05, 4.69) is 46.1 Å². The number of H-pyrrole nitrogens is 1. The summed E-state index contributed by atoms with van der Waals surface area (Å²) in [6, 6.07) is 9.28. The lowest BCUT2D eigenvalue weighted by Crippen LogP contribution is -2.16. The fourth-order valence-corrected chi connectivity index (χ4v) is 3.18. The summed E-state index contributed by atoms with van der Waals surface area (Å²) in [5.41, 5.74) is 4.51. The van der Waals surface area contributed by atoms with Crippen molar-refractivity contribution >= 4 is 22.6 Å². The Morgan fingerprint density at radius 1 is 1.10 bits per heavy atom. The summed E-state index contributed by atoms with van der Waals surface area (Å²) in [5, 5.41) is 8.66. The molecule has 0 aliphatic carbocycles. The second-order valence-corrected chi connectivity index (χ2v) is 8.21. The van der Waals surface area contributed by atoms with Gasteiger partial charge in [0.1, 0.15) is 5.82 Å². The highest BCUT2D eigenvalue weighted by molar-refractivity contribution is 6.06. The lowest BCUT2D eigenvalue weighted by Gasteiger charge is -2.13. The predicted octanol–water partition coefficient (Wildman–Crippen LogP) is 4.31. The number of amides is 1. The van der Waals surface area contributed by atoms with Crippen molar-refractivity contribution in [2.45, 2.75) is 40.0 Å². The van der Waals surface area contributed by atoms with Gasteiger partial charge < -0.3 is 10.3 Å². The van der Waals surface area contributed by atoms with Gasteiger partial charge in [0.15, 0.2) is 0 Å². The number of rotatable bonds is 3. The number of aromatic nitrogens is 5. The molecule has 7 heteroatoms. The van der Waals surface area contributed by atoms with Crippen molar-refractivity contribution in [1.82, 2.24) is 24.7 Å². The molecule has 1 amide bonds. The van der Waals surface area contributed by atoms with Crippen molar-refractivity contribution in [3.8, 4) is 5.95 Å². The van der Waals surface area contributed by atoms with E-state index in [1.807, 2.05) is 38.1 Å². The number of anilines is 1. The normalized spacial score (nSPS) is 11.8. The van der Waals surface area contributed by atoms with E-state index in [4.69, 9.17) is 0 Å². The number of carbonyl (C=O) groups excluding carboxylic acids is 1. The van der Waals surface area contributed by atoms with Gasteiger partial charge in [0.2, 0.25) is 0 Å². The molecule has 0 atom stereocenters. The van der Waals surface area contributed by atoms with Gasteiger partial charge in [-0.25, -0.2) is 9.97 Å². The summed E-state index contributed by atoms with van der Waals surface area (Å²) in [5.74, 6) is 0.738. The lowest BCUT2D eigenvalue weighted by atomic mass is 9.92. The minimum Gasteiger partial charge on any atom is -0.358 e. The number of hydrogen-bond donors (Lipinski definition) is 2. The number of hydrogen-bond acceptors (Lipinski definition) is 4. The molecule has 0 radical (unpaired) electrons. The molecule has 148 valence electrons. The Balaban J connectivity index is 1.72. The molecule has 3 heterocycles. The third-order valence-corrected chi connectivity index (χ3v) is 5.03. The van der Waals surface area contributed by atoms with Crippen molar-refractivity contribution in [2.75, 3.05) is 5.32 Å². The Hall–Kier alpha value is -3.48. The van der Waals surface area contributed by atoms with Gasteiger partial charge in [0.25, 0.3) is 11.9 Å². The van der Waals surface area contributed by atoms with E-state index >= 15 is 0 Å². The smallest absolute Gasteiger partial charge is 0.256 e. The Bertz CT molecular complexity index is 1200. The highest BCUT2D eigenvalue weighted by atomic mass is 16.1. The SMILES string of the molecule is Cc1[nH]c2ccc(C(=O)Nc3cc(C(C)(C)C)nn3-c3ncccn3)cc2c1C. The Kier molecular flexibility index (Phi) is 4.45. The third-order valence-electron chi connectivity index (χ3n) is 5.03. The molecule has 0 saturated heterocycles. The third kappa shape index (κ3) is 3.51. The molecule has 2 N–H and O–H groups in total. The van der Waals surface area contributed by atoms with Crippen LogP contribution in [0.1, 0.15) is 48.1 Å². The van der Waals surface area contributed by atoms with E-state index in [0.29, 0.717) is 17.3 Å². The molecule has 3 aromatic heterocycles. The van der Waals surface area contributed by atoms with Crippen LogP contribution in [0.15, 0.2) is 42.7 Å². The first-order chi connectivity index (χ1) is 13.7. The maximum atomic E-state index is 13.0. The molecule has 0 saturated carbocycles. The second kappa shape index (κ2) is 6.84. The van der Waals surface area contributed by atoms with Crippen LogP contribution < -0.4 is 5.32 Å². The van der Waals surface area contributed by atoms with Crippen molar-refractivity contribution in [3.63, 3.8) is 0 Å². The average Bonchev–Trinajstić information content (AvgIpc) is 3.24. The summed E-state index contributed by atoms with van der Waals surface area (Å²) in [4.78, 5) is 24.9. The number of carbonyl (C=O) groups is 1. The molecule has 0 aliphatic rings. The molecule has 4 aromatic rings. The first kappa shape index (κ1) is 18.9. The van der Waals surface area contributed by atoms with E-state index in [0.717, 1.165) is 27.9 Å². The highest BCUT2D eigenvalue weighted by Gasteiger charge is 2.22. The topological polar surface area (TPSA) is 88.5 Å². The van der Waals surface area contributed by atoms with Gasteiger partial charge in [-0.2, -0.15) is 9.78 Å². The van der Waals surface area contributed by atoms with Gasteiger partial charge in [-0.05, 0) is 43.7 Å². The van der Waals surface area contributed by atoms with Crippen LogP contribution in [-0.2, 0) is 5.41 Å². The molecule has 0 fully saturated rings. The minimum absolute atomic E-state index is 0.182. The molecule has 1 aromatic carbocycles. The Labute approximate surface area is 169 Å². The Morgan fingerprint density at radius 3 is 2.52 bits per heavy atom. The lowest BCUT2D eigenvalue weighted by molar-refractivity contribution is 0.102. The number of aryl methyl sites for hydroxylation is 2. The molecule has 29 heavy (non-hydrogen) atoms. The van der Waals surface area contributed by atoms with Crippen LogP contribution >= 0.6 is 0 Å². The zero-order valence-corrected chi connectivity index (χ0v) is 17.2. The molecule has 4 rings (SSSR count). The molecular weight excluding hydrogens is 364 g/mol. The number of nitrogens with zero attached hydrogens (tertiary/aromatic N) is 4. The zero-order valence-electron chi connectivity index (χ0n) is 17.2. The van der Waals surface area contributed by atoms with Crippen molar-refractivity contribution < 1.29 is 4.79 Å². The van der Waals surface area contributed by atoms with Crippen molar-refractivity contribution in [1.29, 1.82) is 0 Å². The molecule has 0 unspecified atom stereocenters. The summed E-state index contributed by atoms with van der Waals surface area (Å²) in [6.07, 6.45) is 3.30. The fourth-order valence-electron chi connectivity index (χ4n) is 3.18. The van der Waals surface area contributed by atoms with Crippen LogP contribution in [0.3, 0.4) is 0 Å². The van der Waals surface area contributed by atoms with Gasteiger partial charge in [-0.3, -0.25) is 4.79 Å². The number of fused-ring (bicyclic) bond motifs is 1. The standard InChI is InChI=1S/C22H24N6O/c1-13-14(2)25-17-8-7-15(11-16(13)17)20(29)26-19-12-18(22(3,4)5)27-28(19)21-23-9-6-10-24-21/h6-12,25H,1-5H3,(H,26,29). The first-order valence-corrected chi connectivity index (χ1v) is 9.52. The number of benzene rings is 1. The van der Waals surface area contributed by atoms with Gasteiger partial charge in [-0.15, -0.1) is 0 Å². The summed E-state index contributed by atoms with van der Waals surface area (Å²) in [6.45, 7) is 10.3. The van der Waals surface area contributed by atoms with Crippen molar-refractivity contribution in [2.24, 2.45) is 0 Å². The molecule has 0 aliphatic heterocycles. The highest BCUT2D eigenvalue weighted by Crippen LogP contribution is 2.26. The van der Waals surface area contributed by atoms with E-state index in [9.17, 15) is 4.79 Å². The van der Waals surface area contributed by atoms with Gasteiger partial charge in [-0.1, -0.05) is 20.8 Å². The van der Waals surface area contributed by atoms with Crippen LogP contribution in [0, 0.1) is 13.8 Å². The van der Waals surface area contributed by atoms with E-state index in [1.54, 1.807) is 23.1 Å². The van der Waals surface area contributed by atoms with Crippen LogP contribution in [-0.4, -0.2) is 30.6 Å². The predicted molar refractivity (Wildman–Crippen MR) is 114 cm³/mol. The molecular formula is C22H24N6O. The maximum Gasteiger partial charge on any atom is 0.256 e. The quantitative estimate of drug-likeness (QED) is 0.547. The van der Waals surface area contributed by atoms with Crippen molar-refractivity contribution in [3.05, 3.63) is 65.2 Å². The van der Waals surface area contributed by atoms with Crippen LogP contribution in [0.25, 0.3) is 16.9 Å². The number of aromatic amines is 1. The van der Waals surface area contributed by atoms with Gasteiger partial charge >= 0.3 is 0 Å². The zero-order chi connectivity index (χ0) is 20.8. The molecule has 7 nitrogen and oxygen atoms in total. The maximum absolute atomic E-state index is 13.0.